The molecule has 8 heteroatoms. The van der Waals surface area contributed by atoms with Gasteiger partial charge >= 0.3 is 0 Å². The van der Waals surface area contributed by atoms with E-state index >= 15 is 0 Å². The minimum Gasteiger partial charge on any atom is -0.373 e. The van der Waals surface area contributed by atoms with Gasteiger partial charge in [-0.15, -0.1) is 0 Å². The van der Waals surface area contributed by atoms with E-state index in [1.165, 1.54) is 0 Å². The molecule has 0 saturated carbocycles. The fourth-order valence-electron chi connectivity index (χ4n) is 2.88. The number of nitrogens with one attached hydrogen (secondary N) is 1. The van der Waals surface area contributed by atoms with E-state index < -0.39 is 10.8 Å². The largest absolute Gasteiger partial charge is 0.373 e. The Hall–Kier alpha value is -1.37. The highest BCUT2D eigenvalue weighted by atomic mass is 35.5. The fraction of sp³-hybridized carbons (Fsp3) is 0.462. The van der Waals surface area contributed by atoms with Gasteiger partial charge in [-0.05, 0) is 19.3 Å². The van der Waals surface area contributed by atoms with Gasteiger partial charge in [-0.2, -0.15) is 0 Å². The topological polar surface area (TPSA) is 81.5 Å². The number of non-ortho nitro benzene ring substituents is 1. The number of benzene rings is 1. The van der Waals surface area contributed by atoms with Crippen molar-refractivity contribution in [1.82, 2.24) is 5.32 Å². The van der Waals surface area contributed by atoms with Crippen molar-refractivity contribution in [3.05, 3.63) is 37.9 Å². The third-order valence-corrected chi connectivity index (χ3v) is 4.69. The van der Waals surface area contributed by atoms with Gasteiger partial charge in [-0.1, -0.05) is 23.2 Å². The van der Waals surface area contributed by atoms with E-state index in [9.17, 15) is 14.9 Å². The number of nitro groups is 1. The minimum absolute atomic E-state index is 0.0126. The Morgan fingerprint density at radius 2 is 2.14 bits per heavy atom. The lowest BCUT2D eigenvalue weighted by molar-refractivity contribution is -0.384. The molecule has 3 unspecified atom stereocenters. The van der Waals surface area contributed by atoms with Crippen molar-refractivity contribution in [3.8, 4) is 0 Å². The van der Waals surface area contributed by atoms with Gasteiger partial charge in [0.05, 0.1) is 38.8 Å². The van der Waals surface area contributed by atoms with Gasteiger partial charge in [-0.3, -0.25) is 14.9 Å². The van der Waals surface area contributed by atoms with Crippen LogP contribution in [-0.2, 0) is 4.74 Å². The first-order valence-corrected chi connectivity index (χ1v) is 7.31. The van der Waals surface area contributed by atoms with Gasteiger partial charge in [0.2, 0.25) is 0 Å². The molecule has 2 saturated heterocycles. The molecule has 0 spiro atoms. The average molecular weight is 331 g/mol. The van der Waals surface area contributed by atoms with E-state index in [2.05, 4.69) is 5.32 Å². The highest BCUT2D eigenvalue weighted by Gasteiger charge is 2.41. The molecular formula is C13H12Cl2N2O4. The van der Waals surface area contributed by atoms with Crippen molar-refractivity contribution in [2.24, 2.45) is 0 Å². The Labute approximate surface area is 130 Å². The second-order valence-electron chi connectivity index (χ2n) is 5.24. The Morgan fingerprint density at radius 3 is 2.71 bits per heavy atom. The maximum absolute atomic E-state index is 12.3. The molecule has 2 fully saturated rings. The van der Waals surface area contributed by atoms with Crippen LogP contribution in [0.3, 0.4) is 0 Å². The lowest BCUT2D eigenvalue weighted by Crippen LogP contribution is -2.41. The van der Waals surface area contributed by atoms with E-state index in [0.717, 1.165) is 31.4 Å². The van der Waals surface area contributed by atoms with Crippen molar-refractivity contribution >= 4 is 34.8 Å². The zero-order valence-corrected chi connectivity index (χ0v) is 12.4. The average Bonchev–Trinajstić information content (AvgIpc) is 3.03. The number of nitro benzene ring substituents is 1. The van der Waals surface area contributed by atoms with Crippen LogP contribution in [0.15, 0.2) is 12.1 Å². The van der Waals surface area contributed by atoms with Crippen molar-refractivity contribution in [1.29, 1.82) is 0 Å². The van der Waals surface area contributed by atoms with Crippen LogP contribution in [0, 0.1) is 10.1 Å². The summed E-state index contributed by atoms with van der Waals surface area (Å²) in [6, 6.07) is 2.18. The van der Waals surface area contributed by atoms with Crippen LogP contribution < -0.4 is 5.32 Å². The molecule has 2 heterocycles. The first kappa shape index (κ1) is 14.6. The minimum atomic E-state index is -0.611. The third kappa shape index (κ3) is 2.71. The molecule has 0 radical (unpaired) electrons. The SMILES string of the molecule is O=C(NC1CC2CCC1O2)c1cc([N+](=O)[O-])cc(Cl)c1Cl. The van der Waals surface area contributed by atoms with E-state index in [0.29, 0.717) is 0 Å². The van der Waals surface area contributed by atoms with Gasteiger partial charge in [0.15, 0.2) is 0 Å². The number of halogens is 2. The summed E-state index contributed by atoms with van der Waals surface area (Å²) in [6.07, 6.45) is 2.91. The molecule has 3 atom stereocenters. The summed E-state index contributed by atoms with van der Waals surface area (Å²) in [7, 11) is 0. The van der Waals surface area contributed by atoms with E-state index in [1.807, 2.05) is 0 Å². The van der Waals surface area contributed by atoms with Crippen LogP contribution in [0.25, 0.3) is 0 Å². The molecule has 21 heavy (non-hydrogen) atoms. The van der Waals surface area contributed by atoms with Crippen LogP contribution >= 0.6 is 23.2 Å². The van der Waals surface area contributed by atoms with Crippen molar-refractivity contribution in [2.45, 2.75) is 37.5 Å². The molecule has 1 aromatic rings. The maximum atomic E-state index is 12.3. The smallest absolute Gasteiger partial charge is 0.271 e. The number of amides is 1. The molecule has 6 nitrogen and oxygen atoms in total. The number of hydrogen-bond acceptors (Lipinski definition) is 4. The molecule has 3 rings (SSSR count). The van der Waals surface area contributed by atoms with Crippen LogP contribution in [0.2, 0.25) is 10.0 Å². The molecule has 2 aliphatic heterocycles. The normalized spacial score (nSPS) is 26.9. The van der Waals surface area contributed by atoms with E-state index in [-0.39, 0.29) is 39.5 Å². The summed E-state index contributed by atoms with van der Waals surface area (Å²) in [5.41, 5.74) is -0.252. The first-order valence-electron chi connectivity index (χ1n) is 6.55. The number of fused-ring (bicyclic) bond motifs is 2. The molecular weight excluding hydrogens is 319 g/mol. The Morgan fingerprint density at radius 1 is 1.38 bits per heavy atom. The monoisotopic (exact) mass is 330 g/mol. The summed E-state index contributed by atoms with van der Waals surface area (Å²) >= 11 is 11.8. The van der Waals surface area contributed by atoms with Gasteiger partial charge in [0.25, 0.3) is 11.6 Å². The highest BCUT2D eigenvalue weighted by molar-refractivity contribution is 6.44. The zero-order valence-electron chi connectivity index (χ0n) is 10.8. The number of carbonyl (C=O) groups excluding carboxylic acids is 1. The van der Waals surface area contributed by atoms with Crippen LogP contribution in [0.5, 0.6) is 0 Å². The van der Waals surface area contributed by atoms with E-state index in [1.54, 1.807) is 0 Å². The van der Waals surface area contributed by atoms with Crippen molar-refractivity contribution < 1.29 is 14.5 Å². The van der Waals surface area contributed by atoms with Gasteiger partial charge in [0.1, 0.15) is 0 Å². The lowest BCUT2D eigenvalue weighted by Gasteiger charge is -2.20. The molecule has 112 valence electrons. The third-order valence-electron chi connectivity index (χ3n) is 3.89. The van der Waals surface area contributed by atoms with Gasteiger partial charge in [0, 0.05) is 12.1 Å². The first-order chi connectivity index (χ1) is 9.95. The van der Waals surface area contributed by atoms with Crippen molar-refractivity contribution in [3.63, 3.8) is 0 Å². The number of nitrogens with zero attached hydrogens (tertiary/aromatic N) is 1. The number of carbonyl (C=O) groups is 1. The summed E-state index contributed by atoms with van der Waals surface area (Å²) in [5.74, 6) is -0.466. The van der Waals surface area contributed by atoms with Crippen LogP contribution in [0.1, 0.15) is 29.6 Å². The molecule has 2 bridgehead atoms. The predicted octanol–water partition coefficient (Wildman–Crippen LogP) is 2.95. The Kier molecular flexibility index (Phi) is 3.77. The quantitative estimate of drug-likeness (QED) is 0.682. The molecule has 1 amide bonds. The lowest BCUT2D eigenvalue weighted by atomic mass is 9.95. The summed E-state index contributed by atoms with van der Waals surface area (Å²) in [4.78, 5) is 22.5. The Bertz CT molecular complexity index is 622. The molecule has 0 aliphatic carbocycles. The molecule has 2 aliphatic rings. The van der Waals surface area contributed by atoms with Crippen LogP contribution in [0.4, 0.5) is 5.69 Å². The van der Waals surface area contributed by atoms with Gasteiger partial charge < -0.3 is 10.1 Å². The second-order valence-corrected chi connectivity index (χ2v) is 6.02. The highest BCUT2D eigenvalue weighted by Crippen LogP contribution is 2.35. The van der Waals surface area contributed by atoms with Crippen LogP contribution in [-0.4, -0.2) is 29.1 Å². The number of hydrogen-bond donors (Lipinski definition) is 1. The van der Waals surface area contributed by atoms with Crippen molar-refractivity contribution in [2.75, 3.05) is 0 Å². The predicted molar refractivity (Wildman–Crippen MR) is 76.9 cm³/mol. The summed E-state index contributed by atoms with van der Waals surface area (Å²) < 4.78 is 5.66. The zero-order chi connectivity index (χ0) is 15.1. The second kappa shape index (κ2) is 5.44. The molecule has 1 N–H and O–H groups in total. The van der Waals surface area contributed by atoms with Gasteiger partial charge in [-0.25, -0.2) is 0 Å². The fourth-order valence-corrected chi connectivity index (χ4v) is 3.29. The molecule has 0 aromatic heterocycles. The van der Waals surface area contributed by atoms with E-state index in [4.69, 9.17) is 27.9 Å². The number of ether oxygens (including phenoxy) is 1. The Balaban J connectivity index is 1.82. The standard InChI is InChI=1S/C13H12Cl2N2O4/c14-9-4-6(17(19)20)3-8(12(9)15)13(18)16-10-5-7-1-2-11(10)21-7/h3-4,7,10-11H,1-2,5H2,(H,16,18). The summed E-state index contributed by atoms with van der Waals surface area (Å²) in [6.45, 7) is 0. The molecule has 1 aromatic carbocycles. The number of rotatable bonds is 3. The maximum Gasteiger partial charge on any atom is 0.271 e. The summed E-state index contributed by atoms with van der Waals surface area (Å²) in [5, 5.41) is 13.7.